The Bertz CT molecular complexity index is 294. The summed E-state index contributed by atoms with van der Waals surface area (Å²) in [6, 6.07) is 0. The van der Waals surface area contributed by atoms with E-state index in [9.17, 15) is 0 Å². The summed E-state index contributed by atoms with van der Waals surface area (Å²) in [6.07, 6.45) is 10.8. The van der Waals surface area contributed by atoms with Crippen molar-refractivity contribution in [3.63, 3.8) is 0 Å². The predicted octanol–water partition coefficient (Wildman–Crippen LogP) is 4.66. The minimum Gasteiger partial charge on any atom is -0.120 e. The maximum absolute atomic E-state index is 5.57. The minimum atomic E-state index is 0.429. The Morgan fingerprint density at radius 2 is 2.19 bits per heavy atom. The van der Waals surface area contributed by atoms with Crippen LogP contribution in [0.25, 0.3) is 0 Å². The van der Waals surface area contributed by atoms with Crippen LogP contribution in [0, 0.1) is 35.5 Å². The van der Waals surface area contributed by atoms with Gasteiger partial charge in [0, 0.05) is 5.92 Å². The van der Waals surface area contributed by atoms with Crippen LogP contribution in [0.1, 0.15) is 53.4 Å². The minimum absolute atomic E-state index is 0.429. The second-order valence-corrected chi connectivity index (χ2v) is 5.67. The van der Waals surface area contributed by atoms with Crippen molar-refractivity contribution < 1.29 is 0 Å². The van der Waals surface area contributed by atoms with E-state index in [1.165, 1.54) is 31.3 Å². The summed E-state index contributed by atoms with van der Waals surface area (Å²) in [6.45, 7) is 13.1. The van der Waals surface area contributed by atoms with E-state index in [4.69, 9.17) is 6.42 Å². The van der Waals surface area contributed by atoms with Gasteiger partial charge in [0.2, 0.25) is 0 Å². The van der Waals surface area contributed by atoms with E-state index >= 15 is 0 Å². The highest BCUT2D eigenvalue weighted by atomic mass is 14.6. The van der Waals surface area contributed by atoms with Gasteiger partial charge in [-0.2, -0.15) is 0 Å². The molecule has 0 aromatic rings. The van der Waals surface area contributed by atoms with Crippen LogP contribution in [0.5, 0.6) is 0 Å². The molecule has 0 spiro atoms. The van der Waals surface area contributed by atoms with Crippen molar-refractivity contribution in [1.82, 2.24) is 0 Å². The van der Waals surface area contributed by atoms with E-state index in [-0.39, 0.29) is 0 Å². The summed E-state index contributed by atoms with van der Waals surface area (Å²) >= 11 is 0. The van der Waals surface area contributed by atoms with Crippen molar-refractivity contribution in [3.8, 4) is 12.3 Å². The molecule has 0 saturated heterocycles. The molecule has 0 aromatic carbocycles. The molecule has 4 atom stereocenters. The Hall–Kier alpha value is -0.700. The smallest absolute Gasteiger partial charge is 0.0205 e. The van der Waals surface area contributed by atoms with E-state index in [1.807, 2.05) is 0 Å². The fraction of sp³-hybridized carbons (Fsp3) is 0.750. The van der Waals surface area contributed by atoms with Gasteiger partial charge >= 0.3 is 0 Å². The van der Waals surface area contributed by atoms with Gasteiger partial charge in [-0.05, 0) is 37.0 Å². The molecule has 0 heterocycles. The standard InChI is InChI=1S/C16H26/c1-7-9-10-16(14(6)12(3)4)11-15(16)13(5)8-2/h2,13-15H,3,7,9-11H2,1,4-6H3. The van der Waals surface area contributed by atoms with Crippen LogP contribution in [0.2, 0.25) is 0 Å². The first-order chi connectivity index (χ1) is 7.49. The van der Waals surface area contributed by atoms with E-state index in [0.717, 1.165) is 5.92 Å². The zero-order chi connectivity index (χ0) is 12.3. The van der Waals surface area contributed by atoms with Crippen molar-refractivity contribution >= 4 is 0 Å². The van der Waals surface area contributed by atoms with Crippen molar-refractivity contribution in [2.75, 3.05) is 0 Å². The lowest BCUT2D eigenvalue weighted by molar-refractivity contribution is 0.290. The molecule has 0 heteroatoms. The number of unbranched alkanes of at least 4 members (excludes halogenated alkanes) is 1. The zero-order valence-corrected chi connectivity index (χ0v) is 11.3. The summed E-state index contributed by atoms with van der Waals surface area (Å²) in [5.41, 5.74) is 1.80. The molecule has 0 nitrogen and oxygen atoms in total. The van der Waals surface area contributed by atoms with Gasteiger partial charge in [-0.3, -0.25) is 0 Å². The Kier molecular flexibility index (Phi) is 4.25. The van der Waals surface area contributed by atoms with Gasteiger partial charge in [-0.25, -0.2) is 0 Å². The van der Waals surface area contributed by atoms with Crippen molar-refractivity contribution in [3.05, 3.63) is 12.2 Å². The third-order valence-corrected chi connectivity index (χ3v) is 4.64. The van der Waals surface area contributed by atoms with Gasteiger partial charge < -0.3 is 0 Å². The first-order valence-electron chi connectivity index (χ1n) is 6.61. The molecule has 1 rings (SSSR count). The van der Waals surface area contributed by atoms with Gasteiger partial charge in [0.15, 0.2) is 0 Å². The third kappa shape index (κ3) is 2.34. The maximum atomic E-state index is 5.57. The van der Waals surface area contributed by atoms with Crippen LogP contribution in [-0.4, -0.2) is 0 Å². The van der Waals surface area contributed by atoms with Gasteiger partial charge in [0.05, 0.1) is 0 Å². The number of rotatable bonds is 6. The van der Waals surface area contributed by atoms with Gasteiger partial charge in [-0.15, -0.1) is 12.3 Å². The topological polar surface area (TPSA) is 0 Å². The summed E-state index contributed by atoms with van der Waals surface area (Å²) in [5.74, 6) is 4.71. The van der Waals surface area contributed by atoms with Gasteiger partial charge in [-0.1, -0.05) is 45.8 Å². The molecule has 1 aliphatic rings. The summed E-state index contributed by atoms with van der Waals surface area (Å²) in [5, 5.41) is 0. The normalized spacial score (nSPS) is 31.6. The van der Waals surface area contributed by atoms with Gasteiger partial charge in [0.1, 0.15) is 0 Å². The lowest BCUT2D eigenvalue weighted by Gasteiger charge is -2.26. The molecule has 0 aromatic heterocycles. The first-order valence-corrected chi connectivity index (χ1v) is 6.61. The highest BCUT2D eigenvalue weighted by Gasteiger charge is 2.58. The Balaban J connectivity index is 2.75. The number of hydrogen-bond acceptors (Lipinski definition) is 0. The highest BCUT2D eigenvalue weighted by Crippen LogP contribution is 2.65. The van der Waals surface area contributed by atoms with Crippen LogP contribution in [-0.2, 0) is 0 Å². The summed E-state index contributed by atoms with van der Waals surface area (Å²) in [4.78, 5) is 0. The summed E-state index contributed by atoms with van der Waals surface area (Å²) in [7, 11) is 0. The molecule has 4 unspecified atom stereocenters. The van der Waals surface area contributed by atoms with E-state index in [0.29, 0.717) is 17.3 Å². The van der Waals surface area contributed by atoms with Crippen molar-refractivity contribution in [2.45, 2.75) is 53.4 Å². The molecule has 90 valence electrons. The lowest BCUT2D eigenvalue weighted by Crippen LogP contribution is -2.18. The molecule has 16 heavy (non-hydrogen) atoms. The monoisotopic (exact) mass is 218 g/mol. The second-order valence-electron chi connectivity index (χ2n) is 5.67. The second kappa shape index (κ2) is 5.09. The average Bonchev–Trinajstić information content (AvgIpc) is 3.00. The number of allylic oxidation sites excluding steroid dienone is 1. The van der Waals surface area contributed by atoms with Gasteiger partial charge in [0.25, 0.3) is 0 Å². The lowest BCUT2D eigenvalue weighted by atomic mass is 9.78. The Morgan fingerprint density at radius 1 is 1.56 bits per heavy atom. The molecule has 0 amide bonds. The maximum Gasteiger partial charge on any atom is 0.0205 e. The molecule has 0 aliphatic heterocycles. The zero-order valence-electron chi connectivity index (χ0n) is 11.3. The Labute approximate surface area is 102 Å². The average molecular weight is 218 g/mol. The third-order valence-electron chi connectivity index (χ3n) is 4.64. The number of hydrogen-bond donors (Lipinski definition) is 0. The molecule has 0 radical (unpaired) electrons. The van der Waals surface area contributed by atoms with Crippen LogP contribution in [0.3, 0.4) is 0 Å². The van der Waals surface area contributed by atoms with Crippen LogP contribution < -0.4 is 0 Å². The molecule has 1 aliphatic carbocycles. The number of terminal acetylenes is 1. The van der Waals surface area contributed by atoms with E-state index < -0.39 is 0 Å². The first kappa shape index (κ1) is 13.4. The molecule has 0 bridgehead atoms. The Morgan fingerprint density at radius 3 is 2.62 bits per heavy atom. The van der Waals surface area contributed by atoms with Crippen LogP contribution >= 0.6 is 0 Å². The molecule has 1 fully saturated rings. The summed E-state index contributed by atoms with van der Waals surface area (Å²) < 4.78 is 0. The van der Waals surface area contributed by atoms with Crippen molar-refractivity contribution in [2.24, 2.45) is 23.2 Å². The SMILES string of the molecule is C#CC(C)C1CC1(CCCC)C(C)C(=C)C. The van der Waals surface area contributed by atoms with E-state index in [2.05, 4.69) is 40.2 Å². The van der Waals surface area contributed by atoms with E-state index in [1.54, 1.807) is 0 Å². The highest BCUT2D eigenvalue weighted by molar-refractivity contribution is 5.18. The van der Waals surface area contributed by atoms with Crippen LogP contribution in [0.15, 0.2) is 12.2 Å². The fourth-order valence-electron chi connectivity index (χ4n) is 3.14. The largest absolute Gasteiger partial charge is 0.120 e. The van der Waals surface area contributed by atoms with Crippen LogP contribution in [0.4, 0.5) is 0 Å². The molecule has 1 saturated carbocycles. The molecule has 0 N–H and O–H groups in total. The predicted molar refractivity (Wildman–Crippen MR) is 72.0 cm³/mol. The van der Waals surface area contributed by atoms with Crippen molar-refractivity contribution in [1.29, 1.82) is 0 Å². The molecular formula is C16H26. The fourth-order valence-corrected chi connectivity index (χ4v) is 3.14. The quantitative estimate of drug-likeness (QED) is 0.449. The molecular weight excluding hydrogens is 192 g/mol.